The van der Waals surface area contributed by atoms with E-state index in [4.69, 9.17) is 0 Å². The van der Waals surface area contributed by atoms with E-state index in [1.165, 1.54) is 17.5 Å². The fraction of sp³-hybridized carbons (Fsp3) is 0.467. The van der Waals surface area contributed by atoms with Crippen molar-refractivity contribution in [3.63, 3.8) is 0 Å². The maximum Gasteiger partial charge on any atom is 0.0158 e. The van der Waals surface area contributed by atoms with Gasteiger partial charge in [-0.25, -0.2) is 0 Å². The highest BCUT2D eigenvalue weighted by Crippen LogP contribution is 2.49. The van der Waals surface area contributed by atoms with E-state index in [9.17, 15) is 0 Å². The average Bonchev–Trinajstić information content (AvgIpc) is 2.43. The molecule has 0 N–H and O–H groups in total. The first-order chi connectivity index (χ1) is 6.96. The standard InChI is InChI=1S/C15H20/c1-12-6-8-13(9-7-12)15(4)11-5-10-14(15,2)3/h5-9,11H,10H2,1-4H3. The predicted octanol–water partition coefficient (Wildman–Crippen LogP) is 4.24. The molecule has 0 heterocycles. The van der Waals surface area contributed by atoms with E-state index in [-0.39, 0.29) is 5.41 Å². The van der Waals surface area contributed by atoms with Gasteiger partial charge in [-0.15, -0.1) is 0 Å². The summed E-state index contributed by atoms with van der Waals surface area (Å²) in [4.78, 5) is 0. The molecule has 0 saturated heterocycles. The lowest BCUT2D eigenvalue weighted by molar-refractivity contribution is 0.253. The molecule has 0 saturated carbocycles. The maximum atomic E-state index is 2.37. The van der Waals surface area contributed by atoms with Crippen molar-refractivity contribution in [2.45, 2.75) is 39.5 Å². The van der Waals surface area contributed by atoms with Crippen molar-refractivity contribution in [3.8, 4) is 0 Å². The molecule has 0 spiro atoms. The summed E-state index contributed by atoms with van der Waals surface area (Å²) in [5.41, 5.74) is 3.30. The first kappa shape index (κ1) is 10.5. The molecule has 15 heavy (non-hydrogen) atoms. The molecule has 0 radical (unpaired) electrons. The van der Waals surface area contributed by atoms with Gasteiger partial charge in [0, 0.05) is 5.41 Å². The van der Waals surface area contributed by atoms with Crippen LogP contribution in [0.5, 0.6) is 0 Å². The third-order valence-electron chi connectivity index (χ3n) is 4.14. The SMILES string of the molecule is Cc1ccc(C2(C)C=CCC2(C)C)cc1. The lowest BCUT2D eigenvalue weighted by atomic mass is 9.65. The van der Waals surface area contributed by atoms with E-state index < -0.39 is 0 Å². The van der Waals surface area contributed by atoms with Gasteiger partial charge in [0.1, 0.15) is 0 Å². The number of aryl methyl sites for hydroxylation is 1. The van der Waals surface area contributed by atoms with Crippen LogP contribution in [0, 0.1) is 12.3 Å². The van der Waals surface area contributed by atoms with E-state index in [1.54, 1.807) is 0 Å². The van der Waals surface area contributed by atoms with Gasteiger partial charge in [-0.05, 0) is 24.3 Å². The van der Waals surface area contributed by atoms with Gasteiger partial charge in [-0.2, -0.15) is 0 Å². The summed E-state index contributed by atoms with van der Waals surface area (Å²) >= 11 is 0. The highest BCUT2D eigenvalue weighted by Gasteiger charge is 2.42. The third kappa shape index (κ3) is 1.52. The topological polar surface area (TPSA) is 0 Å². The first-order valence-corrected chi connectivity index (χ1v) is 5.71. The van der Waals surface area contributed by atoms with Crippen LogP contribution in [0.1, 0.15) is 38.3 Å². The second-order valence-corrected chi connectivity index (χ2v) is 5.56. The second kappa shape index (κ2) is 3.23. The highest BCUT2D eigenvalue weighted by molar-refractivity contribution is 5.37. The van der Waals surface area contributed by atoms with Crippen molar-refractivity contribution in [3.05, 3.63) is 47.5 Å². The van der Waals surface area contributed by atoms with Gasteiger partial charge in [0.2, 0.25) is 0 Å². The van der Waals surface area contributed by atoms with Gasteiger partial charge in [-0.1, -0.05) is 62.8 Å². The summed E-state index contributed by atoms with van der Waals surface area (Å²) in [6, 6.07) is 8.96. The molecule has 0 aromatic heterocycles. The lowest BCUT2D eigenvalue weighted by Gasteiger charge is -2.38. The molecule has 1 aliphatic carbocycles. The predicted molar refractivity (Wildman–Crippen MR) is 66.1 cm³/mol. The molecule has 1 aliphatic rings. The van der Waals surface area contributed by atoms with Crippen molar-refractivity contribution < 1.29 is 0 Å². The van der Waals surface area contributed by atoms with Gasteiger partial charge in [-0.3, -0.25) is 0 Å². The summed E-state index contributed by atoms with van der Waals surface area (Å²) in [6.45, 7) is 9.20. The fourth-order valence-corrected chi connectivity index (χ4v) is 2.41. The van der Waals surface area contributed by atoms with E-state index in [2.05, 4.69) is 64.1 Å². The molecule has 0 fully saturated rings. The van der Waals surface area contributed by atoms with E-state index in [1.807, 2.05) is 0 Å². The van der Waals surface area contributed by atoms with Gasteiger partial charge in [0.05, 0.1) is 0 Å². The van der Waals surface area contributed by atoms with Crippen LogP contribution >= 0.6 is 0 Å². The number of rotatable bonds is 1. The minimum absolute atomic E-state index is 0.195. The minimum Gasteiger partial charge on any atom is -0.0871 e. The Kier molecular flexibility index (Phi) is 2.26. The summed E-state index contributed by atoms with van der Waals surface area (Å²) in [7, 11) is 0. The molecule has 0 amide bonds. The normalized spacial score (nSPS) is 28.3. The van der Waals surface area contributed by atoms with Crippen molar-refractivity contribution in [2.75, 3.05) is 0 Å². The fourth-order valence-electron chi connectivity index (χ4n) is 2.41. The Morgan fingerprint density at radius 3 is 2.07 bits per heavy atom. The van der Waals surface area contributed by atoms with E-state index in [0.29, 0.717) is 5.41 Å². The van der Waals surface area contributed by atoms with Crippen LogP contribution in [0.2, 0.25) is 0 Å². The Hall–Kier alpha value is -1.04. The molecule has 2 rings (SSSR count). The van der Waals surface area contributed by atoms with E-state index in [0.717, 1.165) is 0 Å². The number of benzene rings is 1. The highest BCUT2D eigenvalue weighted by atomic mass is 14.5. The van der Waals surface area contributed by atoms with Crippen LogP contribution in [0.3, 0.4) is 0 Å². The van der Waals surface area contributed by atoms with Gasteiger partial charge < -0.3 is 0 Å². The van der Waals surface area contributed by atoms with Gasteiger partial charge in [0.25, 0.3) is 0 Å². The number of hydrogen-bond acceptors (Lipinski definition) is 0. The molecule has 80 valence electrons. The molecular formula is C15H20. The van der Waals surface area contributed by atoms with Crippen molar-refractivity contribution in [1.82, 2.24) is 0 Å². The van der Waals surface area contributed by atoms with Crippen LogP contribution in [0.4, 0.5) is 0 Å². The summed E-state index contributed by atoms with van der Waals surface area (Å²) in [5.74, 6) is 0. The van der Waals surface area contributed by atoms with Gasteiger partial charge in [0.15, 0.2) is 0 Å². The Morgan fingerprint density at radius 1 is 1.00 bits per heavy atom. The molecule has 0 nitrogen and oxygen atoms in total. The van der Waals surface area contributed by atoms with Crippen LogP contribution in [0.25, 0.3) is 0 Å². The van der Waals surface area contributed by atoms with Crippen LogP contribution in [-0.2, 0) is 5.41 Å². The summed E-state index contributed by atoms with van der Waals surface area (Å²) in [5, 5.41) is 0. The molecule has 1 unspecified atom stereocenters. The van der Waals surface area contributed by atoms with Gasteiger partial charge >= 0.3 is 0 Å². The van der Waals surface area contributed by atoms with E-state index >= 15 is 0 Å². The summed E-state index contributed by atoms with van der Waals surface area (Å²) < 4.78 is 0. The maximum absolute atomic E-state index is 2.37. The smallest absolute Gasteiger partial charge is 0.0158 e. The van der Waals surface area contributed by atoms with Crippen LogP contribution < -0.4 is 0 Å². The Bertz CT molecular complexity index is 381. The molecule has 0 bridgehead atoms. The minimum atomic E-state index is 0.195. The largest absolute Gasteiger partial charge is 0.0871 e. The zero-order valence-corrected chi connectivity index (χ0v) is 10.2. The molecular weight excluding hydrogens is 180 g/mol. The van der Waals surface area contributed by atoms with Crippen molar-refractivity contribution in [2.24, 2.45) is 5.41 Å². The van der Waals surface area contributed by atoms with Crippen LogP contribution in [-0.4, -0.2) is 0 Å². The average molecular weight is 200 g/mol. The number of allylic oxidation sites excluding steroid dienone is 2. The monoisotopic (exact) mass is 200 g/mol. The quantitative estimate of drug-likeness (QED) is 0.595. The molecule has 1 atom stereocenters. The van der Waals surface area contributed by atoms with Crippen molar-refractivity contribution >= 4 is 0 Å². The zero-order valence-electron chi connectivity index (χ0n) is 10.2. The molecule has 0 heteroatoms. The molecule has 1 aromatic rings. The first-order valence-electron chi connectivity index (χ1n) is 5.71. The Labute approximate surface area is 93.0 Å². The number of hydrogen-bond donors (Lipinski definition) is 0. The second-order valence-electron chi connectivity index (χ2n) is 5.56. The lowest BCUT2D eigenvalue weighted by Crippen LogP contribution is -2.33. The molecule has 1 aromatic carbocycles. The van der Waals surface area contributed by atoms with Crippen molar-refractivity contribution in [1.29, 1.82) is 0 Å². The van der Waals surface area contributed by atoms with Crippen LogP contribution in [0.15, 0.2) is 36.4 Å². The zero-order chi connectivity index (χ0) is 11.1. The summed E-state index contributed by atoms with van der Waals surface area (Å²) in [6.07, 6.45) is 5.87. The third-order valence-corrected chi connectivity index (χ3v) is 4.14. The molecule has 0 aliphatic heterocycles. The Morgan fingerprint density at radius 2 is 1.60 bits per heavy atom. The Balaban J connectivity index is 2.46.